The van der Waals surface area contributed by atoms with Crippen molar-refractivity contribution in [2.45, 2.75) is 232 Å². The number of esters is 2. The van der Waals surface area contributed by atoms with E-state index in [1.54, 1.807) is 0 Å². The molecule has 0 aromatic carbocycles. The molecule has 374 valence electrons. The normalized spacial score (nSPS) is 13.2. The Morgan fingerprint density at radius 2 is 0.712 bits per heavy atom. The van der Waals surface area contributed by atoms with Crippen molar-refractivity contribution in [1.82, 2.24) is 0 Å². The van der Waals surface area contributed by atoms with Gasteiger partial charge in [0.05, 0.1) is 6.61 Å². The molecule has 0 aliphatic heterocycles. The molecule has 0 amide bonds. The molecule has 0 radical (unpaired) electrons. The molecule has 5 heteroatoms. The molecule has 0 heterocycles. The van der Waals surface area contributed by atoms with E-state index in [1.165, 1.54) is 89.9 Å². The molecule has 0 aromatic heterocycles. The second-order valence-corrected chi connectivity index (χ2v) is 17.4. The highest BCUT2D eigenvalue weighted by molar-refractivity contribution is 5.70. The van der Waals surface area contributed by atoms with E-state index in [1.807, 2.05) is 6.08 Å². The second-order valence-electron chi connectivity index (χ2n) is 17.4. The van der Waals surface area contributed by atoms with Crippen LogP contribution in [0.15, 0.2) is 122 Å². The van der Waals surface area contributed by atoms with Gasteiger partial charge in [-0.1, -0.05) is 219 Å². The first-order valence-corrected chi connectivity index (χ1v) is 27.1. The van der Waals surface area contributed by atoms with Gasteiger partial charge in [0.25, 0.3) is 0 Å². The monoisotopic (exact) mass is 913 g/mol. The number of unbranched alkanes of at least 4 members (excludes halogenated alkanes) is 17. The fourth-order valence-corrected chi connectivity index (χ4v) is 7.01. The molecule has 0 bridgehead atoms. The topological polar surface area (TPSA) is 61.8 Å². The van der Waals surface area contributed by atoms with Gasteiger partial charge in [0, 0.05) is 19.4 Å². The molecule has 0 spiro atoms. The zero-order valence-electron chi connectivity index (χ0n) is 42.9. The van der Waals surface area contributed by atoms with E-state index in [9.17, 15) is 9.59 Å². The highest BCUT2D eigenvalue weighted by atomic mass is 16.6. The molecular formula is C61H100O5. The molecule has 0 saturated heterocycles. The molecule has 5 nitrogen and oxygen atoms in total. The van der Waals surface area contributed by atoms with Crippen LogP contribution in [0.4, 0.5) is 0 Å². The minimum absolute atomic E-state index is 0.0395. The van der Waals surface area contributed by atoms with Gasteiger partial charge in [0.1, 0.15) is 6.61 Å². The van der Waals surface area contributed by atoms with Gasteiger partial charge >= 0.3 is 11.9 Å². The van der Waals surface area contributed by atoms with Crippen LogP contribution in [-0.4, -0.2) is 37.9 Å². The Bertz CT molecular complexity index is 1350. The molecule has 0 aromatic rings. The maximum absolute atomic E-state index is 12.8. The van der Waals surface area contributed by atoms with Gasteiger partial charge in [-0.05, 0) is 116 Å². The Kier molecular flexibility index (Phi) is 52.5. The summed E-state index contributed by atoms with van der Waals surface area (Å²) in [5, 5.41) is 0. The Morgan fingerprint density at radius 3 is 1.15 bits per heavy atom. The van der Waals surface area contributed by atoms with Gasteiger partial charge in [-0.25, -0.2) is 0 Å². The van der Waals surface area contributed by atoms with E-state index < -0.39 is 6.10 Å². The molecular weight excluding hydrogens is 813 g/mol. The summed E-state index contributed by atoms with van der Waals surface area (Å²) in [6, 6.07) is 0. The van der Waals surface area contributed by atoms with Crippen LogP contribution in [0.5, 0.6) is 0 Å². The molecule has 0 rings (SSSR count). The molecule has 1 atom stereocenters. The average Bonchev–Trinajstić information content (AvgIpc) is 3.32. The Labute approximate surface area is 407 Å². The first-order chi connectivity index (χ1) is 32.6. The molecule has 0 saturated carbocycles. The maximum Gasteiger partial charge on any atom is 0.306 e. The third kappa shape index (κ3) is 52.9. The van der Waals surface area contributed by atoms with E-state index in [4.69, 9.17) is 14.2 Å². The van der Waals surface area contributed by atoms with Crippen LogP contribution in [0, 0.1) is 0 Å². The summed E-state index contributed by atoms with van der Waals surface area (Å²) in [5.41, 5.74) is 0. The van der Waals surface area contributed by atoms with E-state index in [2.05, 4.69) is 136 Å². The number of carbonyl (C=O) groups excluding carboxylic acids is 2. The predicted molar refractivity (Wildman–Crippen MR) is 288 cm³/mol. The summed E-state index contributed by atoms with van der Waals surface area (Å²) >= 11 is 0. The first-order valence-electron chi connectivity index (χ1n) is 27.1. The number of ether oxygens (including phenoxy) is 3. The van der Waals surface area contributed by atoms with Crippen molar-refractivity contribution in [3.63, 3.8) is 0 Å². The summed E-state index contributed by atoms with van der Waals surface area (Å²) < 4.78 is 17.3. The van der Waals surface area contributed by atoms with E-state index >= 15 is 0 Å². The minimum Gasteiger partial charge on any atom is -0.462 e. The van der Waals surface area contributed by atoms with Crippen LogP contribution in [-0.2, 0) is 23.8 Å². The minimum atomic E-state index is -0.594. The zero-order valence-corrected chi connectivity index (χ0v) is 42.9. The summed E-state index contributed by atoms with van der Waals surface area (Å²) in [7, 11) is 0. The number of hydrogen-bond donors (Lipinski definition) is 0. The smallest absolute Gasteiger partial charge is 0.306 e. The van der Waals surface area contributed by atoms with E-state index in [0.717, 1.165) is 96.3 Å². The highest BCUT2D eigenvalue weighted by Gasteiger charge is 2.17. The number of allylic oxidation sites excluding steroid dienone is 20. The van der Waals surface area contributed by atoms with Crippen molar-refractivity contribution in [2.24, 2.45) is 0 Å². The quantitative estimate of drug-likeness (QED) is 0.0346. The first kappa shape index (κ1) is 62.3. The zero-order chi connectivity index (χ0) is 47.7. The number of carbonyl (C=O) groups is 2. The summed E-state index contributed by atoms with van der Waals surface area (Å²) in [6.07, 6.45) is 78.0. The molecule has 66 heavy (non-hydrogen) atoms. The van der Waals surface area contributed by atoms with Crippen molar-refractivity contribution >= 4 is 11.9 Å². The molecule has 0 fully saturated rings. The van der Waals surface area contributed by atoms with Crippen LogP contribution in [0.3, 0.4) is 0 Å². The number of rotatable bonds is 48. The van der Waals surface area contributed by atoms with Gasteiger partial charge in [-0.3, -0.25) is 9.59 Å². The second kappa shape index (κ2) is 55.6. The number of hydrogen-bond acceptors (Lipinski definition) is 5. The van der Waals surface area contributed by atoms with E-state index in [-0.39, 0.29) is 31.6 Å². The fraction of sp³-hybridized carbons (Fsp3) is 0.639. The van der Waals surface area contributed by atoms with Gasteiger partial charge < -0.3 is 14.2 Å². The van der Waals surface area contributed by atoms with Gasteiger partial charge in [-0.2, -0.15) is 0 Å². The fourth-order valence-electron chi connectivity index (χ4n) is 7.01. The largest absolute Gasteiger partial charge is 0.462 e. The van der Waals surface area contributed by atoms with Crippen LogP contribution in [0.2, 0.25) is 0 Å². The summed E-state index contributed by atoms with van der Waals surface area (Å²) in [4.78, 5) is 25.4. The highest BCUT2D eigenvalue weighted by Crippen LogP contribution is 2.13. The molecule has 0 N–H and O–H groups in total. The van der Waals surface area contributed by atoms with Crippen LogP contribution < -0.4 is 0 Å². The Balaban J connectivity index is 4.38. The van der Waals surface area contributed by atoms with Crippen LogP contribution in [0.25, 0.3) is 0 Å². The average molecular weight is 913 g/mol. The van der Waals surface area contributed by atoms with Gasteiger partial charge in [0.2, 0.25) is 0 Å². The summed E-state index contributed by atoms with van der Waals surface area (Å²) in [5.74, 6) is -0.512. The lowest BCUT2D eigenvalue weighted by Gasteiger charge is -2.18. The SMILES string of the molecule is CC/C=C\C/C=C\C/C=C\C/C=C\CCCCCCCOCC(COC(=O)CCCCCCCCCCC/C=C\C/C=C\CCCCC)OC(=O)CC/C=C\C/C=C\C/C=C\C/C=C\CC. The Morgan fingerprint density at radius 1 is 0.348 bits per heavy atom. The lowest BCUT2D eigenvalue weighted by molar-refractivity contribution is -0.162. The van der Waals surface area contributed by atoms with Crippen molar-refractivity contribution in [1.29, 1.82) is 0 Å². The molecule has 0 aliphatic rings. The molecule has 1 unspecified atom stereocenters. The summed E-state index contributed by atoms with van der Waals surface area (Å²) in [6.45, 7) is 7.44. The third-order valence-electron chi connectivity index (χ3n) is 11.0. The Hall–Kier alpha value is -3.70. The lowest BCUT2D eigenvalue weighted by atomic mass is 10.1. The van der Waals surface area contributed by atoms with Crippen LogP contribution in [0.1, 0.15) is 226 Å². The van der Waals surface area contributed by atoms with Crippen molar-refractivity contribution < 1.29 is 23.8 Å². The third-order valence-corrected chi connectivity index (χ3v) is 11.0. The lowest BCUT2D eigenvalue weighted by Crippen LogP contribution is -2.30. The van der Waals surface area contributed by atoms with Crippen molar-refractivity contribution in [3.05, 3.63) is 122 Å². The van der Waals surface area contributed by atoms with Crippen LogP contribution >= 0.6 is 0 Å². The molecule has 0 aliphatic carbocycles. The van der Waals surface area contributed by atoms with Crippen molar-refractivity contribution in [3.8, 4) is 0 Å². The predicted octanol–water partition coefficient (Wildman–Crippen LogP) is 18.6. The van der Waals surface area contributed by atoms with E-state index in [0.29, 0.717) is 19.4 Å². The standard InChI is InChI=1S/C61H100O5/c1-4-7-10-13-16-19-22-25-27-29-31-32-34-37-39-42-45-48-51-54-60(62)65-58-59(66-61(63)55-52-49-46-43-40-36-24-21-18-15-12-9-6-3)57-64-56-53-50-47-44-41-38-35-33-30-28-26-23-20-17-14-11-8-5-2/h8-9,11-12,16-21,25-28,33,35-36,40,46,49,59H,4-7,10,13-15,22-24,29-32,34,37-39,41-45,47-48,50-58H2,1-3H3/b11-8-,12-9-,19-16-,20-17-,21-18-,27-25-,28-26-,35-33-,40-36-,49-46-. The maximum atomic E-state index is 12.8. The van der Waals surface area contributed by atoms with Crippen molar-refractivity contribution in [2.75, 3.05) is 19.8 Å². The van der Waals surface area contributed by atoms with Gasteiger partial charge in [0.15, 0.2) is 6.10 Å². The van der Waals surface area contributed by atoms with Gasteiger partial charge in [-0.15, -0.1) is 0 Å².